The molecule has 1 aliphatic heterocycles. The summed E-state index contributed by atoms with van der Waals surface area (Å²) >= 11 is 12.8. The van der Waals surface area contributed by atoms with Gasteiger partial charge in [0.2, 0.25) is 0 Å². The molecule has 0 radical (unpaired) electrons. The molecule has 32 heavy (non-hydrogen) atoms. The highest BCUT2D eigenvalue weighted by Gasteiger charge is 2.25. The first-order valence-corrected chi connectivity index (χ1v) is 11.3. The Hall–Kier alpha value is -3.08. The Labute approximate surface area is 197 Å². The summed E-state index contributed by atoms with van der Waals surface area (Å²) in [5.74, 6) is 0.00992. The smallest absolute Gasteiger partial charge is 0.254 e. The Balaban J connectivity index is 1.46. The van der Waals surface area contributed by atoms with Gasteiger partial charge in [-0.3, -0.25) is 4.79 Å². The molecule has 0 aliphatic carbocycles. The lowest BCUT2D eigenvalue weighted by atomic mass is 10.0. The van der Waals surface area contributed by atoms with Crippen molar-refractivity contribution in [2.45, 2.75) is 0 Å². The van der Waals surface area contributed by atoms with Gasteiger partial charge in [0.15, 0.2) is 0 Å². The molecule has 1 aliphatic rings. The number of benzene rings is 3. The SMILES string of the molecule is O=C(c1cc(-c2ccccc2Cl)nc2ccccc12)N1CCN(c2ccccc2Cl)CC1. The summed E-state index contributed by atoms with van der Waals surface area (Å²) in [7, 11) is 0. The van der Waals surface area contributed by atoms with Crippen LogP contribution in [0.25, 0.3) is 22.2 Å². The van der Waals surface area contributed by atoms with Gasteiger partial charge in [-0.25, -0.2) is 4.98 Å². The van der Waals surface area contributed by atoms with E-state index in [0.29, 0.717) is 29.4 Å². The highest BCUT2D eigenvalue weighted by molar-refractivity contribution is 6.33. The largest absolute Gasteiger partial charge is 0.367 e. The lowest BCUT2D eigenvalue weighted by Crippen LogP contribution is -2.49. The predicted octanol–water partition coefficient (Wildman–Crippen LogP) is 6.17. The number of pyridine rings is 1. The molecule has 0 spiro atoms. The van der Waals surface area contributed by atoms with Crippen LogP contribution < -0.4 is 4.90 Å². The van der Waals surface area contributed by atoms with Gasteiger partial charge in [0, 0.05) is 42.2 Å². The maximum Gasteiger partial charge on any atom is 0.254 e. The molecule has 6 heteroatoms. The van der Waals surface area contributed by atoms with Crippen molar-refractivity contribution in [3.63, 3.8) is 0 Å². The Morgan fingerprint density at radius 2 is 1.44 bits per heavy atom. The van der Waals surface area contributed by atoms with Crippen LogP contribution >= 0.6 is 23.2 Å². The van der Waals surface area contributed by atoms with Crippen LogP contribution in [-0.4, -0.2) is 42.0 Å². The molecule has 4 nitrogen and oxygen atoms in total. The normalized spacial score (nSPS) is 14.1. The second kappa shape index (κ2) is 8.81. The zero-order chi connectivity index (χ0) is 22.1. The molecule has 3 aromatic carbocycles. The number of amides is 1. The topological polar surface area (TPSA) is 36.4 Å². The number of hydrogen-bond donors (Lipinski definition) is 0. The van der Waals surface area contributed by atoms with Crippen LogP contribution in [0, 0.1) is 0 Å². The number of para-hydroxylation sites is 2. The van der Waals surface area contributed by atoms with E-state index in [1.807, 2.05) is 83.8 Å². The lowest BCUT2D eigenvalue weighted by molar-refractivity contribution is 0.0749. The van der Waals surface area contributed by atoms with Gasteiger partial charge in [-0.1, -0.05) is 71.7 Å². The molecule has 0 unspecified atom stereocenters. The number of fused-ring (bicyclic) bond motifs is 1. The van der Waals surface area contributed by atoms with Crippen LogP contribution in [-0.2, 0) is 0 Å². The van der Waals surface area contributed by atoms with Gasteiger partial charge >= 0.3 is 0 Å². The number of carbonyl (C=O) groups excluding carboxylic acids is 1. The summed E-state index contributed by atoms with van der Waals surface area (Å²) in [5.41, 5.74) is 3.96. The maximum absolute atomic E-state index is 13.6. The molecule has 1 amide bonds. The average molecular weight is 462 g/mol. The van der Waals surface area contributed by atoms with Crippen LogP contribution in [0.1, 0.15) is 10.4 Å². The zero-order valence-corrected chi connectivity index (χ0v) is 18.9. The summed E-state index contributed by atoms with van der Waals surface area (Å²) < 4.78 is 0. The molecule has 0 N–H and O–H groups in total. The second-order valence-electron chi connectivity index (χ2n) is 7.78. The quantitative estimate of drug-likeness (QED) is 0.365. The molecule has 160 valence electrons. The first kappa shape index (κ1) is 20.8. The summed E-state index contributed by atoms with van der Waals surface area (Å²) in [6.07, 6.45) is 0. The second-order valence-corrected chi connectivity index (χ2v) is 8.60. The molecule has 0 bridgehead atoms. The summed E-state index contributed by atoms with van der Waals surface area (Å²) in [5, 5.41) is 2.20. The number of carbonyl (C=O) groups is 1. The number of halogens is 2. The highest BCUT2D eigenvalue weighted by Crippen LogP contribution is 2.31. The van der Waals surface area contributed by atoms with Crippen molar-refractivity contribution in [1.29, 1.82) is 0 Å². The summed E-state index contributed by atoms with van der Waals surface area (Å²) in [4.78, 5) is 22.5. The van der Waals surface area contributed by atoms with Gasteiger partial charge in [-0.05, 0) is 30.3 Å². The number of hydrogen-bond acceptors (Lipinski definition) is 3. The number of rotatable bonds is 3. The van der Waals surface area contributed by atoms with Gasteiger partial charge in [-0.15, -0.1) is 0 Å². The number of aromatic nitrogens is 1. The Bertz CT molecular complexity index is 1300. The fourth-order valence-electron chi connectivity index (χ4n) is 4.19. The van der Waals surface area contributed by atoms with E-state index >= 15 is 0 Å². The number of anilines is 1. The van der Waals surface area contributed by atoms with Gasteiger partial charge in [-0.2, -0.15) is 0 Å². The van der Waals surface area contributed by atoms with E-state index < -0.39 is 0 Å². The standard InChI is InChI=1S/C26H21Cl2N3O/c27-21-9-3-1-8-19(21)24-17-20(18-7-2-5-11-23(18)29-24)26(32)31-15-13-30(14-16-31)25-12-6-4-10-22(25)28/h1-12,17H,13-16H2. The number of piperazine rings is 1. The van der Waals surface area contributed by atoms with Gasteiger partial charge in [0.05, 0.1) is 27.5 Å². The zero-order valence-electron chi connectivity index (χ0n) is 17.3. The molecule has 1 fully saturated rings. The Morgan fingerprint density at radius 1 is 0.781 bits per heavy atom. The summed E-state index contributed by atoms with van der Waals surface area (Å²) in [6.45, 7) is 2.72. The average Bonchev–Trinajstić information content (AvgIpc) is 2.84. The van der Waals surface area contributed by atoms with E-state index in [4.69, 9.17) is 28.2 Å². The predicted molar refractivity (Wildman–Crippen MR) is 132 cm³/mol. The minimum atomic E-state index is 0.00992. The fourth-order valence-corrected chi connectivity index (χ4v) is 4.68. The highest BCUT2D eigenvalue weighted by atomic mass is 35.5. The minimum Gasteiger partial charge on any atom is -0.367 e. The molecule has 1 saturated heterocycles. The van der Waals surface area contributed by atoms with E-state index in [1.54, 1.807) is 0 Å². The van der Waals surface area contributed by atoms with Crippen LogP contribution in [0.3, 0.4) is 0 Å². The van der Waals surface area contributed by atoms with Crippen molar-refractivity contribution in [3.05, 3.63) is 94.5 Å². The third-order valence-electron chi connectivity index (χ3n) is 5.86. The van der Waals surface area contributed by atoms with Gasteiger partial charge in [0.1, 0.15) is 0 Å². The van der Waals surface area contributed by atoms with Crippen LogP contribution in [0.15, 0.2) is 78.9 Å². The van der Waals surface area contributed by atoms with Crippen molar-refractivity contribution in [3.8, 4) is 11.3 Å². The van der Waals surface area contributed by atoms with Crippen molar-refractivity contribution in [2.75, 3.05) is 31.1 Å². The Morgan fingerprint density at radius 3 is 2.19 bits per heavy atom. The van der Waals surface area contributed by atoms with E-state index in [2.05, 4.69) is 4.90 Å². The van der Waals surface area contributed by atoms with E-state index in [9.17, 15) is 4.79 Å². The molecule has 0 saturated carbocycles. The molecular weight excluding hydrogens is 441 g/mol. The lowest BCUT2D eigenvalue weighted by Gasteiger charge is -2.36. The Kier molecular flexibility index (Phi) is 5.73. The summed E-state index contributed by atoms with van der Waals surface area (Å²) in [6, 6.07) is 25.0. The van der Waals surface area contributed by atoms with Crippen LogP contribution in [0.5, 0.6) is 0 Å². The molecule has 4 aromatic rings. The van der Waals surface area contributed by atoms with Crippen molar-refractivity contribution in [1.82, 2.24) is 9.88 Å². The van der Waals surface area contributed by atoms with Crippen LogP contribution in [0.4, 0.5) is 5.69 Å². The third-order valence-corrected chi connectivity index (χ3v) is 6.51. The molecule has 5 rings (SSSR count). The molecule has 2 heterocycles. The molecule has 0 atom stereocenters. The first-order valence-electron chi connectivity index (χ1n) is 10.6. The van der Waals surface area contributed by atoms with Gasteiger partial charge < -0.3 is 9.80 Å². The van der Waals surface area contributed by atoms with Crippen molar-refractivity contribution in [2.24, 2.45) is 0 Å². The maximum atomic E-state index is 13.6. The third kappa shape index (κ3) is 3.92. The molecule has 1 aromatic heterocycles. The molecular formula is C26H21Cl2N3O. The first-order chi connectivity index (χ1) is 15.6. The van der Waals surface area contributed by atoms with Gasteiger partial charge in [0.25, 0.3) is 5.91 Å². The number of nitrogens with zero attached hydrogens (tertiary/aromatic N) is 3. The van der Waals surface area contributed by atoms with Crippen molar-refractivity contribution < 1.29 is 4.79 Å². The van der Waals surface area contributed by atoms with Crippen molar-refractivity contribution >= 4 is 45.7 Å². The minimum absolute atomic E-state index is 0.00992. The van der Waals surface area contributed by atoms with Crippen LogP contribution in [0.2, 0.25) is 10.0 Å². The van der Waals surface area contributed by atoms with E-state index in [-0.39, 0.29) is 5.91 Å². The fraction of sp³-hybridized carbons (Fsp3) is 0.154. The monoisotopic (exact) mass is 461 g/mol. The van der Waals surface area contributed by atoms with E-state index in [0.717, 1.165) is 40.3 Å². The van der Waals surface area contributed by atoms with E-state index in [1.165, 1.54) is 0 Å².